The molecule has 2 bridgehead atoms. The van der Waals surface area contributed by atoms with Crippen LogP contribution in [-0.2, 0) is 9.59 Å². The third-order valence-electron chi connectivity index (χ3n) is 7.78. The molecule has 4 nitrogen and oxygen atoms in total. The molecule has 2 aromatic rings. The molecule has 158 valence electrons. The van der Waals surface area contributed by atoms with Gasteiger partial charge in [0.25, 0.3) is 0 Å². The number of hydrogen-bond acceptors (Lipinski definition) is 3. The molecule has 31 heavy (non-hydrogen) atoms. The second-order valence-electron chi connectivity index (χ2n) is 9.96. The predicted molar refractivity (Wildman–Crippen MR) is 119 cm³/mol. The van der Waals surface area contributed by atoms with Crippen LogP contribution in [0.1, 0.15) is 37.3 Å². The zero-order chi connectivity index (χ0) is 21.4. The van der Waals surface area contributed by atoms with Gasteiger partial charge >= 0.3 is 0 Å². The van der Waals surface area contributed by atoms with E-state index in [1.807, 2.05) is 24.3 Å². The summed E-state index contributed by atoms with van der Waals surface area (Å²) in [6, 6.07) is 13.6. The number of carbonyl (C=O) groups excluding carboxylic acids is 2. The van der Waals surface area contributed by atoms with Gasteiger partial charge in [-0.15, -0.1) is 0 Å². The molecular weight excluding hydrogens is 386 g/mol. The van der Waals surface area contributed by atoms with Crippen LogP contribution < -0.4 is 9.64 Å². The Bertz CT molecular complexity index is 1080. The molecule has 1 heterocycles. The van der Waals surface area contributed by atoms with E-state index >= 15 is 0 Å². The Morgan fingerprint density at radius 1 is 0.903 bits per heavy atom. The van der Waals surface area contributed by atoms with Gasteiger partial charge in [-0.3, -0.25) is 14.5 Å². The second kappa shape index (κ2) is 6.56. The van der Waals surface area contributed by atoms with Gasteiger partial charge in [0.15, 0.2) is 0 Å². The van der Waals surface area contributed by atoms with Crippen LogP contribution in [0.15, 0.2) is 54.6 Å². The zero-order valence-corrected chi connectivity index (χ0v) is 18.1. The third-order valence-corrected chi connectivity index (χ3v) is 7.78. The topological polar surface area (TPSA) is 46.6 Å². The monoisotopic (exact) mass is 413 g/mol. The van der Waals surface area contributed by atoms with Crippen molar-refractivity contribution in [3.8, 4) is 11.5 Å². The van der Waals surface area contributed by atoms with Crippen LogP contribution in [0.4, 0.5) is 5.69 Å². The number of imide groups is 1. The molecule has 1 aliphatic heterocycles. The minimum atomic E-state index is -0.164. The number of ether oxygens (including phenoxy) is 1. The molecule has 0 unspecified atom stereocenters. The van der Waals surface area contributed by atoms with Gasteiger partial charge in [0.05, 0.1) is 17.5 Å². The van der Waals surface area contributed by atoms with E-state index in [0.717, 1.165) is 16.9 Å². The van der Waals surface area contributed by atoms with Crippen LogP contribution >= 0.6 is 0 Å². The molecule has 4 aliphatic carbocycles. The summed E-state index contributed by atoms with van der Waals surface area (Å²) in [4.78, 5) is 28.0. The lowest BCUT2D eigenvalue weighted by molar-refractivity contribution is -0.124. The van der Waals surface area contributed by atoms with Gasteiger partial charge < -0.3 is 4.74 Å². The first-order valence-electron chi connectivity index (χ1n) is 11.4. The van der Waals surface area contributed by atoms with Crippen molar-refractivity contribution in [3.05, 3.63) is 65.7 Å². The van der Waals surface area contributed by atoms with E-state index in [4.69, 9.17) is 4.74 Å². The average Bonchev–Trinajstić information content (AvgIpc) is 3.52. The zero-order valence-electron chi connectivity index (χ0n) is 18.1. The maximum atomic E-state index is 13.3. The van der Waals surface area contributed by atoms with Gasteiger partial charge in [-0.05, 0) is 84.4 Å². The summed E-state index contributed by atoms with van der Waals surface area (Å²) in [5, 5.41) is 0. The predicted octanol–water partition coefficient (Wildman–Crippen LogP) is 5.47. The van der Waals surface area contributed by atoms with Crippen LogP contribution in [-0.4, -0.2) is 11.8 Å². The number of rotatable bonds is 4. The fraction of sp³-hybridized carbons (Fsp3) is 0.407. The number of nitrogens with zero attached hydrogens (tertiary/aromatic N) is 1. The van der Waals surface area contributed by atoms with E-state index in [1.165, 1.54) is 11.3 Å². The molecule has 0 spiro atoms. The van der Waals surface area contributed by atoms with Crippen molar-refractivity contribution in [2.75, 3.05) is 4.90 Å². The smallest absolute Gasteiger partial charge is 0.238 e. The van der Waals surface area contributed by atoms with Crippen LogP contribution in [0.5, 0.6) is 11.5 Å². The lowest BCUT2D eigenvalue weighted by atomic mass is 9.63. The molecule has 2 amide bonds. The number of anilines is 1. The molecule has 7 rings (SSSR count). The summed E-state index contributed by atoms with van der Waals surface area (Å²) in [7, 11) is 0. The van der Waals surface area contributed by atoms with E-state index in [0.29, 0.717) is 29.2 Å². The molecule has 4 heteroatoms. The van der Waals surface area contributed by atoms with Crippen LogP contribution in [0.25, 0.3) is 0 Å². The molecule has 2 saturated carbocycles. The normalized spacial score (nSPS) is 32.5. The number of allylic oxidation sites excluding steroid dienone is 2. The number of carbonyl (C=O) groups is 2. The van der Waals surface area contributed by atoms with Crippen molar-refractivity contribution in [3.63, 3.8) is 0 Å². The van der Waals surface area contributed by atoms with Gasteiger partial charge in [-0.2, -0.15) is 0 Å². The molecular formula is C27H27NO3. The Balaban J connectivity index is 1.26. The van der Waals surface area contributed by atoms with Crippen molar-refractivity contribution in [1.29, 1.82) is 0 Å². The summed E-state index contributed by atoms with van der Waals surface area (Å²) in [5.41, 5.74) is 2.96. The van der Waals surface area contributed by atoms with Crippen molar-refractivity contribution in [2.24, 2.45) is 35.5 Å². The van der Waals surface area contributed by atoms with Gasteiger partial charge in [-0.1, -0.05) is 38.1 Å². The average molecular weight is 414 g/mol. The summed E-state index contributed by atoms with van der Waals surface area (Å²) in [6.45, 7) is 6.35. The SMILES string of the molecule is Cc1ccc(C(C)C)c(Oc2ccc(N3C(=O)[C@H]4[C@@H]5C=C[C@H]([C@@H]6C[C@H]56)[C@@H]4C3=O)cc2)c1. The molecule has 0 aromatic heterocycles. The maximum Gasteiger partial charge on any atom is 0.238 e. The first kappa shape index (κ1) is 18.9. The van der Waals surface area contributed by atoms with Crippen molar-refractivity contribution in [1.82, 2.24) is 0 Å². The molecule has 3 fully saturated rings. The molecule has 2 aromatic carbocycles. The minimum absolute atomic E-state index is 0.0193. The van der Waals surface area contributed by atoms with Crippen LogP contribution in [0, 0.1) is 42.4 Å². The van der Waals surface area contributed by atoms with Gasteiger partial charge in [0, 0.05) is 0 Å². The first-order chi connectivity index (χ1) is 14.9. The van der Waals surface area contributed by atoms with Crippen molar-refractivity contribution < 1.29 is 14.3 Å². The van der Waals surface area contributed by atoms with Gasteiger partial charge in [-0.25, -0.2) is 0 Å². The van der Waals surface area contributed by atoms with Crippen molar-refractivity contribution in [2.45, 2.75) is 33.1 Å². The van der Waals surface area contributed by atoms with Crippen LogP contribution in [0.2, 0.25) is 0 Å². The Morgan fingerprint density at radius 2 is 1.52 bits per heavy atom. The van der Waals surface area contributed by atoms with E-state index < -0.39 is 0 Å². The molecule has 5 aliphatic rings. The molecule has 0 N–H and O–H groups in total. The molecule has 1 saturated heterocycles. The lowest BCUT2D eigenvalue weighted by Gasteiger charge is -2.37. The second-order valence-corrected chi connectivity index (χ2v) is 9.96. The van der Waals surface area contributed by atoms with Gasteiger partial charge in [0.2, 0.25) is 11.8 Å². The van der Waals surface area contributed by atoms with E-state index in [2.05, 4.69) is 51.1 Å². The Labute approximate surface area is 182 Å². The Hall–Kier alpha value is -2.88. The highest BCUT2D eigenvalue weighted by Gasteiger charge is 2.67. The highest BCUT2D eigenvalue weighted by Crippen LogP contribution is 2.65. The Morgan fingerprint density at radius 3 is 2.10 bits per heavy atom. The maximum absolute atomic E-state index is 13.3. The highest BCUT2D eigenvalue weighted by molar-refractivity contribution is 6.22. The van der Waals surface area contributed by atoms with Gasteiger partial charge in [0.1, 0.15) is 11.5 Å². The lowest BCUT2D eigenvalue weighted by Crippen LogP contribution is -2.40. The fourth-order valence-corrected chi connectivity index (χ4v) is 6.21. The quantitative estimate of drug-likeness (QED) is 0.493. The Kier molecular flexibility index (Phi) is 3.99. The number of amides is 2. The third kappa shape index (κ3) is 2.73. The fourth-order valence-electron chi connectivity index (χ4n) is 6.21. The standard InChI is InChI=1S/C27H27NO3/c1-14(2)18-9-4-15(3)12-23(18)31-17-7-5-16(6-8-17)28-26(29)24-19-10-11-20(22-13-21(19)22)25(24)27(28)30/h4-12,14,19-22,24-25H,13H2,1-3H3/t19-,20-,21-,22+,24+,25+/m1/s1. The molecule has 0 radical (unpaired) electrons. The largest absolute Gasteiger partial charge is 0.457 e. The number of hydrogen-bond donors (Lipinski definition) is 0. The minimum Gasteiger partial charge on any atom is -0.457 e. The van der Waals surface area contributed by atoms with E-state index in [-0.39, 0.29) is 35.5 Å². The van der Waals surface area contributed by atoms with Crippen LogP contribution in [0.3, 0.4) is 0 Å². The van der Waals surface area contributed by atoms with Crippen molar-refractivity contribution >= 4 is 17.5 Å². The summed E-state index contributed by atoms with van der Waals surface area (Å²) in [5.74, 6) is 3.28. The number of benzene rings is 2. The number of aryl methyl sites for hydroxylation is 1. The summed E-state index contributed by atoms with van der Waals surface area (Å²) >= 11 is 0. The summed E-state index contributed by atoms with van der Waals surface area (Å²) in [6.07, 6.45) is 5.60. The summed E-state index contributed by atoms with van der Waals surface area (Å²) < 4.78 is 6.18. The first-order valence-corrected chi connectivity index (χ1v) is 11.4. The highest BCUT2D eigenvalue weighted by atomic mass is 16.5. The van der Waals surface area contributed by atoms with E-state index in [1.54, 1.807) is 0 Å². The van der Waals surface area contributed by atoms with E-state index in [9.17, 15) is 9.59 Å². The molecule has 6 atom stereocenters.